The minimum Gasteiger partial charge on any atom is -0.481 e. The van der Waals surface area contributed by atoms with E-state index in [1.165, 1.54) is 19.3 Å². The lowest BCUT2D eigenvalue weighted by Crippen LogP contribution is -2.48. The fourth-order valence-corrected chi connectivity index (χ4v) is 3.23. The normalized spacial score (nSPS) is 29.2. The van der Waals surface area contributed by atoms with Gasteiger partial charge < -0.3 is 20.0 Å². The highest BCUT2D eigenvalue weighted by atomic mass is 16.4. The van der Waals surface area contributed by atoms with Crippen LogP contribution in [-0.2, 0) is 9.59 Å². The summed E-state index contributed by atoms with van der Waals surface area (Å²) in [6.07, 6.45) is 4.24. The number of rotatable bonds is 5. The van der Waals surface area contributed by atoms with Crippen molar-refractivity contribution in [2.24, 2.45) is 11.8 Å². The summed E-state index contributed by atoms with van der Waals surface area (Å²) in [6.45, 7) is 5.12. The van der Waals surface area contributed by atoms with Gasteiger partial charge in [-0.3, -0.25) is 9.59 Å². The third kappa shape index (κ3) is 3.93. The molecule has 0 bridgehead atoms. The first-order valence-corrected chi connectivity index (χ1v) is 7.48. The summed E-state index contributed by atoms with van der Waals surface area (Å²) in [4.78, 5) is 26.8. The average Bonchev–Trinajstić information content (AvgIpc) is 2.45. The van der Waals surface area contributed by atoms with E-state index in [0.29, 0.717) is 19.5 Å². The van der Waals surface area contributed by atoms with Crippen molar-refractivity contribution in [2.75, 3.05) is 39.3 Å². The van der Waals surface area contributed by atoms with Crippen LogP contribution < -0.4 is 0 Å². The number of piperidine rings is 2. The lowest BCUT2D eigenvalue weighted by molar-refractivity contribution is -0.157. The smallest absolute Gasteiger partial charge is 0.308 e. The lowest BCUT2D eigenvalue weighted by atomic mass is 9.85. The highest BCUT2D eigenvalue weighted by Gasteiger charge is 2.38. The van der Waals surface area contributed by atoms with Crippen molar-refractivity contribution < 1.29 is 19.8 Å². The lowest BCUT2D eigenvalue weighted by Gasteiger charge is -2.36. The minimum absolute atomic E-state index is 0.361. The first kappa shape index (κ1) is 15.3. The fourth-order valence-electron chi connectivity index (χ4n) is 3.23. The van der Waals surface area contributed by atoms with Gasteiger partial charge in [-0.05, 0) is 38.9 Å². The van der Waals surface area contributed by atoms with Gasteiger partial charge in [0.05, 0.1) is 11.8 Å². The molecule has 6 heteroatoms. The number of hydrogen-bond acceptors (Lipinski definition) is 4. The summed E-state index contributed by atoms with van der Waals surface area (Å²) in [7, 11) is 0. The van der Waals surface area contributed by atoms with Crippen molar-refractivity contribution in [1.29, 1.82) is 0 Å². The molecule has 2 unspecified atom stereocenters. The maximum Gasteiger partial charge on any atom is 0.308 e. The Morgan fingerprint density at radius 2 is 1.45 bits per heavy atom. The predicted molar refractivity (Wildman–Crippen MR) is 73.6 cm³/mol. The number of carboxylic acid groups (broad SMARTS) is 2. The van der Waals surface area contributed by atoms with Crippen molar-refractivity contribution in [3.63, 3.8) is 0 Å². The molecule has 0 aromatic carbocycles. The van der Waals surface area contributed by atoms with E-state index in [2.05, 4.69) is 9.80 Å². The van der Waals surface area contributed by atoms with Gasteiger partial charge in [0, 0.05) is 19.6 Å². The van der Waals surface area contributed by atoms with Gasteiger partial charge in [-0.2, -0.15) is 0 Å². The van der Waals surface area contributed by atoms with Crippen LogP contribution in [0.5, 0.6) is 0 Å². The van der Waals surface area contributed by atoms with Gasteiger partial charge in [-0.15, -0.1) is 0 Å². The van der Waals surface area contributed by atoms with Crippen LogP contribution in [0.3, 0.4) is 0 Å². The second kappa shape index (κ2) is 7.04. The van der Waals surface area contributed by atoms with Gasteiger partial charge in [0.2, 0.25) is 0 Å². The van der Waals surface area contributed by atoms with Crippen LogP contribution in [0.1, 0.15) is 25.7 Å². The van der Waals surface area contributed by atoms with Crippen LogP contribution in [0.4, 0.5) is 0 Å². The number of likely N-dealkylation sites (tertiary alicyclic amines) is 2. The molecule has 2 rings (SSSR count). The van der Waals surface area contributed by atoms with E-state index >= 15 is 0 Å². The Balaban J connectivity index is 1.82. The predicted octanol–water partition coefficient (Wildman–Crippen LogP) is 0.580. The highest BCUT2D eigenvalue weighted by molar-refractivity contribution is 5.80. The van der Waals surface area contributed by atoms with Crippen molar-refractivity contribution in [2.45, 2.75) is 25.7 Å². The Morgan fingerprint density at radius 1 is 0.850 bits per heavy atom. The van der Waals surface area contributed by atoms with Crippen molar-refractivity contribution >= 4 is 11.9 Å². The number of aliphatic carboxylic acids is 2. The maximum atomic E-state index is 11.2. The van der Waals surface area contributed by atoms with E-state index in [9.17, 15) is 14.7 Å². The number of hydrogen-bond donors (Lipinski definition) is 2. The molecule has 2 fully saturated rings. The molecular formula is C14H24N2O4. The number of nitrogens with zero attached hydrogens (tertiary/aromatic N) is 2. The van der Waals surface area contributed by atoms with Gasteiger partial charge in [-0.25, -0.2) is 0 Å². The first-order chi connectivity index (χ1) is 9.58. The van der Waals surface area contributed by atoms with Crippen LogP contribution >= 0.6 is 0 Å². The second-order valence-corrected chi connectivity index (χ2v) is 5.88. The third-order valence-electron chi connectivity index (χ3n) is 4.51. The third-order valence-corrected chi connectivity index (χ3v) is 4.51. The molecule has 6 nitrogen and oxygen atoms in total. The molecule has 2 atom stereocenters. The molecule has 2 saturated heterocycles. The Hall–Kier alpha value is -1.14. The van der Waals surface area contributed by atoms with Gasteiger partial charge in [0.1, 0.15) is 0 Å². The van der Waals surface area contributed by atoms with Gasteiger partial charge in [0.15, 0.2) is 0 Å². The quantitative estimate of drug-likeness (QED) is 0.768. The second-order valence-electron chi connectivity index (χ2n) is 5.88. The highest BCUT2D eigenvalue weighted by Crippen LogP contribution is 2.24. The van der Waals surface area contributed by atoms with Gasteiger partial charge in [-0.1, -0.05) is 6.42 Å². The Bertz CT molecular complexity index is 355. The maximum absolute atomic E-state index is 11.2. The first-order valence-electron chi connectivity index (χ1n) is 7.48. The van der Waals surface area contributed by atoms with E-state index in [-0.39, 0.29) is 0 Å². The van der Waals surface area contributed by atoms with Crippen LogP contribution in [0.25, 0.3) is 0 Å². The summed E-state index contributed by atoms with van der Waals surface area (Å²) >= 11 is 0. The van der Waals surface area contributed by atoms with Gasteiger partial charge in [0.25, 0.3) is 0 Å². The molecule has 2 heterocycles. The summed E-state index contributed by atoms with van der Waals surface area (Å²) < 4.78 is 0. The number of carboxylic acids is 2. The molecule has 0 spiro atoms. The average molecular weight is 284 g/mol. The molecule has 0 aromatic heterocycles. The fraction of sp³-hybridized carbons (Fsp3) is 0.857. The molecule has 0 saturated carbocycles. The van der Waals surface area contributed by atoms with E-state index in [1.54, 1.807) is 0 Å². The van der Waals surface area contributed by atoms with Gasteiger partial charge >= 0.3 is 11.9 Å². The van der Waals surface area contributed by atoms with E-state index < -0.39 is 23.8 Å². The molecule has 2 aliphatic rings. The summed E-state index contributed by atoms with van der Waals surface area (Å²) in [6, 6.07) is 0. The van der Waals surface area contributed by atoms with Crippen LogP contribution in [0, 0.1) is 11.8 Å². The summed E-state index contributed by atoms with van der Waals surface area (Å²) in [5.74, 6) is -3.48. The zero-order chi connectivity index (χ0) is 14.5. The standard InChI is InChI=1S/C14H24N2O4/c17-13(18)11-4-7-16(10-12(11)14(19)20)9-8-15-5-2-1-3-6-15/h11-12H,1-10H2,(H,17,18)(H,19,20). The SMILES string of the molecule is O=C(O)C1CCN(CCN2CCCCC2)CC1C(=O)O. The molecule has 2 aliphatic heterocycles. The zero-order valence-corrected chi connectivity index (χ0v) is 11.8. The van der Waals surface area contributed by atoms with Crippen molar-refractivity contribution in [3.05, 3.63) is 0 Å². The van der Waals surface area contributed by atoms with Crippen LogP contribution in [0.2, 0.25) is 0 Å². The molecule has 0 radical (unpaired) electrons. The van der Waals surface area contributed by atoms with Crippen LogP contribution in [-0.4, -0.2) is 71.2 Å². The molecule has 114 valence electrons. The Kier molecular flexibility index (Phi) is 5.37. The minimum atomic E-state index is -0.986. The van der Waals surface area contributed by atoms with E-state index in [4.69, 9.17) is 5.11 Å². The monoisotopic (exact) mass is 284 g/mol. The zero-order valence-electron chi connectivity index (χ0n) is 11.8. The Morgan fingerprint density at radius 3 is 2.05 bits per heavy atom. The van der Waals surface area contributed by atoms with Crippen LogP contribution in [0.15, 0.2) is 0 Å². The summed E-state index contributed by atoms with van der Waals surface area (Å²) in [5.41, 5.74) is 0. The molecule has 2 N–H and O–H groups in total. The molecule has 0 amide bonds. The molecule has 0 aliphatic carbocycles. The number of carbonyl (C=O) groups is 2. The van der Waals surface area contributed by atoms with E-state index in [1.807, 2.05) is 0 Å². The molecule has 20 heavy (non-hydrogen) atoms. The Labute approximate surface area is 119 Å². The van der Waals surface area contributed by atoms with E-state index in [0.717, 1.165) is 26.2 Å². The van der Waals surface area contributed by atoms with Crippen molar-refractivity contribution in [3.8, 4) is 0 Å². The largest absolute Gasteiger partial charge is 0.481 e. The summed E-state index contributed by atoms with van der Waals surface area (Å²) in [5, 5.41) is 18.3. The van der Waals surface area contributed by atoms with Crippen molar-refractivity contribution in [1.82, 2.24) is 9.80 Å². The topological polar surface area (TPSA) is 81.1 Å². The molecule has 0 aromatic rings. The molecular weight excluding hydrogens is 260 g/mol.